The van der Waals surface area contributed by atoms with Crippen LogP contribution in [0.3, 0.4) is 0 Å². The zero-order valence-corrected chi connectivity index (χ0v) is 15.3. The molecule has 2 aromatic rings. The number of amides is 2. The molecule has 0 bridgehead atoms. The van der Waals surface area contributed by atoms with Crippen molar-refractivity contribution in [3.63, 3.8) is 0 Å². The molecule has 0 atom stereocenters. The van der Waals surface area contributed by atoms with Crippen LogP contribution in [0.4, 0.5) is 15.8 Å². The van der Waals surface area contributed by atoms with E-state index in [2.05, 4.69) is 10.6 Å². The maximum absolute atomic E-state index is 13.0. The van der Waals surface area contributed by atoms with Crippen molar-refractivity contribution in [3.8, 4) is 5.75 Å². The van der Waals surface area contributed by atoms with Gasteiger partial charge < -0.3 is 15.4 Å². The molecule has 0 heterocycles. The van der Waals surface area contributed by atoms with Gasteiger partial charge in [0.15, 0.2) is 5.60 Å². The lowest BCUT2D eigenvalue weighted by molar-refractivity contribution is -0.128. The highest BCUT2D eigenvalue weighted by atomic mass is 19.1. The summed E-state index contributed by atoms with van der Waals surface area (Å²) in [6, 6.07) is 12.3. The summed E-state index contributed by atoms with van der Waals surface area (Å²) in [5.41, 5.74) is 0.0828. The Labute approximate surface area is 152 Å². The minimum atomic E-state index is -1.15. The average Bonchev–Trinajstić information content (AvgIpc) is 2.58. The number of hydrogen-bond donors (Lipinski definition) is 2. The Balaban J connectivity index is 1.99. The van der Waals surface area contributed by atoms with Crippen LogP contribution in [-0.4, -0.2) is 17.4 Å². The molecule has 0 aliphatic carbocycles. The molecule has 2 amide bonds. The largest absolute Gasteiger partial charge is 0.478 e. The lowest BCUT2D eigenvalue weighted by Gasteiger charge is -2.25. The first-order chi connectivity index (χ1) is 12.2. The van der Waals surface area contributed by atoms with Crippen LogP contribution >= 0.6 is 0 Å². The van der Waals surface area contributed by atoms with Crippen LogP contribution in [0.15, 0.2) is 48.5 Å². The molecular weight excluding hydrogens is 335 g/mol. The molecule has 6 heteroatoms. The second-order valence-electron chi connectivity index (χ2n) is 6.74. The van der Waals surface area contributed by atoms with E-state index >= 15 is 0 Å². The predicted octanol–water partition coefficient (Wildman–Crippen LogP) is 4.22. The molecule has 0 aliphatic rings. The standard InChI is InChI=1S/C20H23FN2O3/c1-13(2)18(24)22-15-7-9-16(10-8-15)23-19(25)20(3,4)26-17-11-5-14(21)6-12-17/h5-13H,1-4H3,(H,22,24)(H,23,25). The van der Waals surface area contributed by atoms with Gasteiger partial charge in [-0.3, -0.25) is 9.59 Å². The lowest BCUT2D eigenvalue weighted by atomic mass is 10.1. The Bertz CT molecular complexity index is 769. The summed E-state index contributed by atoms with van der Waals surface area (Å²) in [5, 5.41) is 5.55. The fourth-order valence-corrected chi connectivity index (χ4v) is 2.05. The van der Waals surface area contributed by atoms with Crippen LogP contribution in [0.1, 0.15) is 27.7 Å². The van der Waals surface area contributed by atoms with Gasteiger partial charge in [0.2, 0.25) is 5.91 Å². The lowest BCUT2D eigenvalue weighted by Crippen LogP contribution is -2.42. The molecule has 5 nitrogen and oxygen atoms in total. The van der Waals surface area contributed by atoms with Crippen molar-refractivity contribution in [2.24, 2.45) is 5.92 Å². The summed E-state index contributed by atoms with van der Waals surface area (Å²) in [6.45, 7) is 6.88. The molecule has 2 N–H and O–H groups in total. The zero-order chi connectivity index (χ0) is 19.3. The maximum Gasteiger partial charge on any atom is 0.267 e. The van der Waals surface area contributed by atoms with Crippen LogP contribution in [0.25, 0.3) is 0 Å². The number of carbonyl (C=O) groups is 2. The van der Waals surface area contributed by atoms with Gasteiger partial charge in [-0.15, -0.1) is 0 Å². The van der Waals surface area contributed by atoms with E-state index in [1.807, 2.05) is 13.8 Å². The van der Waals surface area contributed by atoms with Gasteiger partial charge in [-0.1, -0.05) is 13.8 Å². The first kappa shape index (κ1) is 19.4. The van der Waals surface area contributed by atoms with Crippen LogP contribution in [0.5, 0.6) is 5.75 Å². The van der Waals surface area contributed by atoms with Crippen molar-refractivity contribution in [2.75, 3.05) is 10.6 Å². The normalized spacial score (nSPS) is 11.2. The van der Waals surface area contributed by atoms with Gasteiger partial charge in [-0.25, -0.2) is 4.39 Å². The van der Waals surface area contributed by atoms with Gasteiger partial charge >= 0.3 is 0 Å². The fourth-order valence-electron chi connectivity index (χ4n) is 2.05. The van der Waals surface area contributed by atoms with E-state index in [0.717, 1.165) is 0 Å². The third-order valence-electron chi connectivity index (χ3n) is 3.67. The Kier molecular flexibility index (Phi) is 5.97. The Hall–Kier alpha value is -2.89. The van der Waals surface area contributed by atoms with Gasteiger partial charge in [-0.05, 0) is 62.4 Å². The van der Waals surface area contributed by atoms with Crippen LogP contribution < -0.4 is 15.4 Å². The van der Waals surface area contributed by atoms with Gasteiger partial charge in [0.25, 0.3) is 5.91 Å². The van der Waals surface area contributed by atoms with E-state index in [9.17, 15) is 14.0 Å². The number of carbonyl (C=O) groups excluding carboxylic acids is 2. The maximum atomic E-state index is 13.0. The molecule has 0 saturated carbocycles. The van der Waals surface area contributed by atoms with E-state index in [1.165, 1.54) is 24.3 Å². The van der Waals surface area contributed by atoms with Gasteiger partial charge in [-0.2, -0.15) is 0 Å². The number of rotatable bonds is 6. The van der Waals surface area contributed by atoms with Crippen molar-refractivity contribution < 1.29 is 18.7 Å². The predicted molar refractivity (Wildman–Crippen MR) is 99.6 cm³/mol. The smallest absolute Gasteiger partial charge is 0.267 e. The highest BCUT2D eigenvalue weighted by molar-refractivity contribution is 5.97. The summed E-state index contributed by atoms with van der Waals surface area (Å²) < 4.78 is 18.6. The van der Waals surface area contributed by atoms with Crippen molar-refractivity contribution in [1.82, 2.24) is 0 Å². The Morgan fingerprint density at radius 2 is 1.42 bits per heavy atom. The summed E-state index contributed by atoms with van der Waals surface area (Å²) in [6.07, 6.45) is 0. The molecule has 0 radical (unpaired) electrons. The monoisotopic (exact) mass is 358 g/mol. The molecule has 2 aromatic carbocycles. The first-order valence-corrected chi connectivity index (χ1v) is 8.34. The van der Waals surface area contributed by atoms with Crippen LogP contribution in [0, 0.1) is 11.7 Å². The molecule has 0 fully saturated rings. The molecule has 0 spiro atoms. The van der Waals surface area contributed by atoms with Gasteiger partial charge in [0, 0.05) is 17.3 Å². The number of ether oxygens (including phenoxy) is 1. The van der Waals surface area contributed by atoms with Crippen molar-refractivity contribution in [3.05, 3.63) is 54.3 Å². The quantitative estimate of drug-likeness (QED) is 0.812. The van der Waals surface area contributed by atoms with E-state index in [0.29, 0.717) is 17.1 Å². The third-order valence-corrected chi connectivity index (χ3v) is 3.67. The molecule has 138 valence electrons. The third kappa shape index (κ3) is 5.31. The van der Waals surface area contributed by atoms with Crippen molar-refractivity contribution >= 4 is 23.2 Å². The molecule has 2 rings (SSSR count). The Morgan fingerprint density at radius 1 is 0.923 bits per heavy atom. The van der Waals surface area contributed by atoms with Crippen LogP contribution in [-0.2, 0) is 9.59 Å². The SMILES string of the molecule is CC(C)C(=O)Nc1ccc(NC(=O)C(C)(C)Oc2ccc(F)cc2)cc1. The van der Waals surface area contributed by atoms with E-state index in [4.69, 9.17) is 4.74 Å². The van der Waals surface area contributed by atoms with Crippen molar-refractivity contribution in [1.29, 1.82) is 0 Å². The summed E-state index contributed by atoms with van der Waals surface area (Å²) in [7, 11) is 0. The molecule has 0 aromatic heterocycles. The summed E-state index contributed by atoms with van der Waals surface area (Å²) in [5.74, 6) is -0.502. The van der Waals surface area contributed by atoms with E-state index < -0.39 is 5.60 Å². The molecule has 0 saturated heterocycles. The minimum Gasteiger partial charge on any atom is -0.478 e. The highest BCUT2D eigenvalue weighted by Crippen LogP contribution is 2.21. The average molecular weight is 358 g/mol. The second kappa shape index (κ2) is 7.99. The first-order valence-electron chi connectivity index (χ1n) is 8.34. The summed E-state index contributed by atoms with van der Waals surface area (Å²) >= 11 is 0. The number of halogens is 1. The zero-order valence-electron chi connectivity index (χ0n) is 15.3. The molecular formula is C20H23FN2O3. The molecule has 26 heavy (non-hydrogen) atoms. The topological polar surface area (TPSA) is 67.4 Å². The minimum absolute atomic E-state index is 0.0735. The molecule has 0 aliphatic heterocycles. The fraction of sp³-hybridized carbons (Fsp3) is 0.300. The second-order valence-corrected chi connectivity index (χ2v) is 6.74. The van der Waals surface area contributed by atoms with E-state index in [1.54, 1.807) is 38.1 Å². The van der Waals surface area contributed by atoms with Crippen LogP contribution in [0.2, 0.25) is 0 Å². The number of anilines is 2. The highest BCUT2D eigenvalue weighted by Gasteiger charge is 2.30. The van der Waals surface area contributed by atoms with E-state index in [-0.39, 0.29) is 23.5 Å². The van der Waals surface area contributed by atoms with Crippen molar-refractivity contribution in [2.45, 2.75) is 33.3 Å². The van der Waals surface area contributed by atoms with Gasteiger partial charge in [0.05, 0.1) is 0 Å². The summed E-state index contributed by atoms with van der Waals surface area (Å²) in [4.78, 5) is 24.2. The number of benzene rings is 2. The Morgan fingerprint density at radius 3 is 1.92 bits per heavy atom. The molecule has 0 unspecified atom stereocenters. The van der Waals surface area contributed by atoms with Gasteiger partial charge in [0.1, 0.15) is 11.6 Å². The number of nitrogens with one attached hydrogen (secondary N) is 2. The number of hydrogen-bond acceptors (Lipinski definition) is 3.